The Labute approximate surface area is 168 Å². The summed E-state index contributed by atoms with van der Waals surface area (Å²) in [6.45, 7) is 2.44. The number of carboxylic acid groups (broad SMARTS) is 1. The minimum atomic E-state index is -0.939. The second-order valence-corrected chi connectivity index (χ2v) is 7.89. The number of nitriles is 1. The van der Waals surface area contributed by atoms with Crippen LogP contribution in [0.25, 0.3) is 0 Å². The summed E-state index contributed by atoms with van der Waals surface area (Å²) in [6.07, 6.45) is 1.75. The van der Waals surface area contributed by atoms with Crippen molar-refractivity contribution in [2.45, 2.75) is 25.7 Å². The molecule has 1 aliphatic carbocycles. The molecule has 142 valence electrons. The van der Waals surface area contributed by atoms with E-state index in [2.05, 4.69) is 6.07 Å². The summed E-state index contributed by atoms with van der Waals surface area (Å²) < 4.78 is 0. The molecular weight excluding hydrogens is 376 g/mol. The zero-order valence-electron chi connectivity index (χ0n) is 15.4. The van der Waals surface area contributed by atoms with Crippen LogP contribution >= 0.6 is 11.6 Å². The predicted octanol–water partition coefficient (Wildman–Crippen LogP) is 4.37. The molecule has 1 aliphatic heterocycles. The first-order valence-corrected chi connectivity index (χ1v) is 9.64. The van der Waals surface area contributed by atoms with Gasteiger partial charge in [0, 0.05) is 18.2 Å². The molecule has 1 N–H and O–H groups in total. The second kappa shape index (κ2) is 6.96. The molecule has 2 aromatic rings. The van der Waals surface area contributed by atoms with Gasteiger partial charge >= 0.3 is 5.97 Å². The largest absolute Gasteiger partial charge is 0.478 e. The molecule has 0 unspecified atom stereocenters. The Bertz CT molecular complexity index is 1010. The minimum absolute atomic E-state index is 0.0297. The molecular formula is C22H19ClN2O3. The summed E-state index contributed by atoms with van der Waals surface area (Å²) in [5.41, 5.74) is 3.28. The maximum absolute atomic E-state index is 13.1. The maximum Gasteiger partial charge on any atom is 0.335 e. The van der Waals surface area contributed by atoms with Crippen molar-refractivity contribution >= 4 is 29.2 Å². The average Bonchev–Trinajstić information content (AvgIpc) is 3.24. The molecule has 1 amide bonds. The first kappa shape index (κ1) is 18.5. The number of hydrogen-bond donors (Lipinski definition) is 1. The molecule has 2 aromatic carbocycles. The Kier molecular flexibility index (Phi) is 4.60. The lowest BCUT2D eigenvalue weighted by molar-refractivity contribution is -0.120. The Morgan fingerprint density at radius 3 is 2.50 bits per heavy atom. The van der Waals surface area contributed by atoms with Crippen molar-refractivity contribution < 1.29 is 14.7 Å². The Hall–Kier alpha value is -2.84. The molecule has 5 nitrogen and oxygen atoms in total. The van der Waals surface area contributed by atoms with E-state index in [1.165, 1.54) is 0 Å². The van der Waals surface area contributed by atoms with Gasteiger partial charge in [-0.2, -0.15) is 5.26 Å². The van der Waals surface area contributed by atoms with Gasteiger partial charge in [-0.25, -0.2) is 4.79 Å². The van der Waals surface area contributed by atoms with Crippen LogP contribution in [0.15, 0.2) is 36.4 Å². The van der Waals surface area contributed by atoms with Gasteiger partial charge in [-0.1, -0.05) is 23.7 Å². The molecule has 0 radical (unpaired) electrons. The van der Waals surface area contributed by atoms with Gasteiger partial charge in [0.1, 0.15) is 6.07 Å². The Balaban J connectivity index is 1.62. The number of carbonyl (C=O) groups excluding carboxylic acids is 1. The smallest absolute Gasteiger partial charge is 0.335 e. The summed E-state index contributed by atoms with van der Waals surface area (Å²) in [7, 11) is 0. The molecule has 6 heteroatoms. The number of carbonyl (C=O) groups is 2. The average molecular weight is 395 g/mol. The maximum atomic E-state index is 13.1. The SMILES string of the molecule is Cc1c(N2C[C@H]3[C@H](CC[C@@H]3c3ccc(C(=O)O)cc3)C2=O)ccc(C#N)c1Cl. The van der Waals surface area contributed by atoms with E-state index in [0.717, 1.165) is 29.7 Å². The lowest BCUT2D eigenvalue weighted by Crippen LogP contribution is -2.28. The van der Waals surface area contributed by atoms with Crippen molar-refractivity contribution in [3.05, 3.63) is 63.7 Å². The van der Waals surface area contributed by atoms with Crippen molar-refractivity contribution in [2.75, 3.05) is 11.4 Å². The standard InChI is InChI=1S/C22H19ClN2O3/c1-12-19(9-6-15(10-24)20(12)23)25-11-18-16(7-8-17(18)21(25)26)13-2-4-14(5-3-13)22(27)28/h2-6,9,16-18H,7-8,11H2,1H3,(H,27,28)/t16-,17+,18-/m1/s1. The van der Waals surface area contributed by atoms with E-state index in [9.17, 15) is 9.59 Å². The molecule has 0 spiro atoms. The number of aromatic carboxylic acids is 1. The predicted molar refractivity (Wildman–Crippen MR) is 106 cm³/mol. The first-order chi connectivity index (χ1) is 13.4. The second-order valence-electron chi connectivity index (χ2n) is 7.51. The van der Waals surface area contributed by atoms with E-state index in [4.69, 9.17) is 22.0 Å². The van der Waals surface area contributed by atoms with Gasteiger partial charge in [0.05, 0.1) is 16.1 Å². The van der Waals surface area contributed by atoms with E-state index in [1.807, 2.05) is 19.1 Å². The number of fused-ring (bicyclic) bond motifs is 1. The van der Waals surface area contributed by atoms with Gasteiger partial charge < -0.3 is 10.0 Å². The van der Waals surface area contributed by atoms with E-state index in [1.54, 1.807) is 29.2 Å². The number of hydrogen-bond acceptors (Lipinski definition) is 3. The third kappa shape index (κ3) is 2.85. The molecule has 4 rings (SSSR count). The van der Waals surface area contributed by atoms with Crippen molar-refractivity contribution in [3.63, 3.8) is 0 Å². The van der Waals surface area contributed by atoms with Crippen LogP contribution in [0.4, 0.5) is 5.69 Å². The fraction of sp³-hybridized carbons (Fsp3) is 0.318. The van der Waals surface area contributed by atoms with Crippen molar-refractivity contribution in [2.24, 2.45) is 11.8 Å². The van der Waals surface area contributed by atoms with Gasteiger partial charge in [0.2, 0.25) is 5.91 Å². The van der Waals surface area contributed by atoms with E-state index < -0.39 is 5.97 Å². The number of nitrogens with zero attached hydrogens (tertiary/aromatic N) is 2. The van der Waals surface area contributed by atoms with Crippen LogP contribution in [0, 0.1) is 30.1 Å². The van der Waals surface area contributed by atoms with Crippen molar-refractivity contribution in [1.29, 1.82) is 5.26 Å². The topological polar surface area (TPSA) is 81.4 Å². The van der Waals surface area contributed by atoms with E-state index in [-0.39, 0.29) is 29.2 Å². The molecule has 0 bridgehead atoms. The Morgan fingerprint density at radius 1 is 1.18 bits per heavy atom. The minimum Gasteiger partial charge on any atom is -0.478 e. The Morgan fingerprint density at radius 2 is 1.86 bits per heavy atom. The van der Waals surface area contributed by atoms with Crippen LogP contribution in [-0.2, 0) is 4.79 Å². The number of amides is 1. The molecule has 28 heavy (non-hydrogen) atoms. The summed E-state index contributed by atoms with van der Waals surface area (Å²) in [5.74, 6) is -0.435. The fourth-order valence-electron chi connectivity index (χ4n) is 4.69. The lowest BCUT2D eigenvalue weighted by Gasteiger charge is -2.23. The normalized spacial score (nSPS) is 23.5. The van der Waals surface area contributed by atoms with Crippen LogP contribution in [0.1, 0.15) is 45.8 Å². The lowest BCUT2D eigenvalue weighted by atomic mass is 9.86. The quantitative estimate of drug-likeness (QED) is 0.837. The third-order valence-corrected chi connectivity index (χ3v) is 6.64. The molecule has 1 heterocycles. The van der Waals surface area contributed by atoms with Crippen LogP contribution in [0.5, 0.6) is 0 Å². The molecule has 1 saturated carbocycles. The highest BCUT2D eigenvalue weighted by Crippen LogP contribution is 2.49. The van der Waals surface area contributed by atoms with E-state index in [0.29, 0.717) is 17.1 Å². The van der Waals surface area contributed by atoms with Gasteiger partial charge in [-0.05, 0) is 67.0 Å². The molecule has 0 aromatic heterocycles. The zero-order chi connectivity index (χ0) is 20.0. The van der Waals surface area contributed by atoms with Crippen LogP contribution in [0.3, 0.4) is 0 Å². The molecule has 2 fully saturated rings. The highest BCUT2D eigenvalue weighted by Gasteiger charge is 2.49. The fourth-order valence-corrected chi connectivity index (χ4v) is 4.89. The summed E-state index contributed by atoms with van der Waals surface area (Å²) >= 11 is 6.30. The van der Waals surface area contributed by atoms with Crippen LogP contribution < -0.4 is 4.90 Å². The van der Waals surface area contributed by atoms with Gasteiger partial charge in [0.15, 0.2) is 0 Å². The first-order valence-electron chi connectivity index (χ1n) is 9.26. The number of rotatable bonds is 3. The highest BCUT2D eigenvalue weighted by atomic mass is 35.5. The highest BCUT2D eigenvalue weighted by molar-refractivity contribution is 6.33. The van der Waals surface area contributed by atoms with Gasteiger partial charge in [-0.3, -0.25) is 4.79 Å². The summed E-state index contributed by atoms with van der Waals surface area (Å²) in [6, 6.07) is 12.5. The van der Waals surface area contributed by atoms with Gasteiger partial charge in [-0.15, -0.1) is 0 Å². The van der Waals surface area contributed by atoms with Crippen molar-refractivity contribution in [1.82, 2.24) is 0 Å². The number of benzene rings is 2. The van der Waals surface area contributed by atoms with E-state index >= 15 is 0 Å². The summed E-state index contributed by atoms with van der Waals surface area (Å²) in [4.78, 5) is 25.9. The molecule has 3 atom stereocenters. The number of carboxylic acids is 1. The zero-order valence-corrected chi connectivity index (χ0v) is 16.1. The van der Waals surface area contributed by atoms with Gasteiger partial charge in [0.25, 0.3) is 0 Å². The number of anilines is 1. The molecule has 2 aliphatic rings. The molecule has 1 saturated heterocycles. The van der Waals surface area contributed by atoms with Crippen LogP contribution in [-0.4, -0.2) is 23.5 Å². The van der Waals surface area contributed by atoms with Crippen LogP contribution in [0.2, 0.25) is 5.02 Å². The summed E-state index contributed by atoms with van der Waals surface area (Å²) in [5, 5.41) is 18.6. The van der Waals surface area contributed by atoms with Crippen molar-refractivity contribution in [3.8, 4) is 6.07 Å². The number of halogens is 1. The third-order valence-electron chi connectivity index (χ3n) is 6.15. The monoisotopic (exact) mass is 394 g/mol.